The second-order valence-electron chi connectivity index (χ2n) is 7.76. The highest BCUT2D eigenvalue weighted by Crippen LogP contribution is 2.34. The third kappa shape index (κ3) is 8.13. The first-order chi connectivity index (χ1) is 15.4. The van der Waals surface area contributed by atoms with Crippen molar-refractivity contribution in [1.29, 1.82) is 0 Å². The van der Waals surface area contributed by atoms with Crippen LogP contribution < -0.4 is 15.4 Å². The van der Waals surface area contributed by atoms with E-state index in [1.807, 2.05) is 44.2 Å². The van der Waals surface area contributed by atoms with Gasteiger partial charge in [-0.25, -0.2) is 14.8 Å². The average molecular weight is 441 g/mol. The summed E-state index contributed by atoms with van der Waals surface area (Å²) < 4.78 is 18.8. The quantitative estimate of drug-likeness (QED) is 0.334. The van der Waals surface area contributed by atoms with Gasteiger partial charge in [0.15, 0.2) is 5.97 Å². The van der Waals surface area contributed by atoms with Crippen LogP contribution in [0, 0.1) is 0 Å². The SMILES string of the molecule is C=CC/C(=C\C)CCOc1cccc(C2=CC(C)(NC(=O)N/C=C/N=C(F)CC)CC2)n1. The zero-order chi connectivity index (χ0) is 23.4. The van der Waals surface area contributed by atoms with Crippen LogP contribution in [0.15, 0.2) is 66.0 Å². The van der Waals surface area contributed by atoms with Gasteiger partial charge in [-0.3, -0.25) is 0 Å². The molecule has 1 aromatic heterocycles. The number of pyridine rings is 1. The number of amides is 2. The summed E-state index contributed by atoms with van der Waals surface area (Å²) in [5.41, 5.74) is 2.68. The smallest absolute Gasteiger partial charge is 0.319 e. The largest absolute Gasteiger partial charge is 0.477 e. The van der Waals surface area contributed by atoms with Crippen LogP contribution in [-0.4, -0.2) is 29.1 Å². The highest BCUT2D eigenvalue weighted by atomic mass is 19.1. The molecule has 0 saturated heterocycles. The van der Waals surface area contributed by atoms with E-state index in [-0.39, 0.29) is 12.5 Å². The Morgan fingerprint density at radius 3 is 2.97 bits per heavy atom. The first kappa shape index (κ1) is 25.0. The number of aliphatic imine (C=N–C) groups is 1. The number of nitrogens with zero attached hydrogens (tertiary/aromatic N) is 2. The van der Waals surface area contributed by atoms with Crippen LogP contribution in [0.25, 0.3) is 5.57 Å². The Balaban J connectivity index is 1.94. The van der Waals surface area contributed by atoms with E-state index in [0.29, 0.717) is 12.5 Å². The number of nitrogens with one attached hydrogen (secondary N) is 2. The van der Waals surface area contributed by atoms with E-state index in [1.54, 1.807) is 6.92 Å². The number of allylic oxidation sites excluding steroid dienone is 3. The van der Waals surface area contributed by atoms with E-state index in [9.17, 15) is 9.18 Å². The number of halogens is 1. The second kappa shape index (κ2) is 12.6. The molecule has 0 fully saturated rings. The Kier molecular flexibility index (Phi) is 9.85. The standard InChI is InChI=1S/C25H33FN4O2/c1-5-9-19(6-2)13-17-32-23-11-8-10-21(29-23)20-12-14-25(4,18-20)30-24(31)28-16-15-27-22(26)7-3/h5-6,8,10-11,15-16,18H,1,7,9,12-14,17H2,2-4H3,(H2,28,30,31)/b16-15+,19-6+,27-22?. The normalized spacial score (nSPS) is 19.1. The van der Waals surface area contributed by atoms with Crippen molar-refractivity contribution in [2.24, 2.45) is 4.99 Å². The molecule has 2 N–H and O–H groups in total. The number of carbonyl (C=O) groups is 1. The fourth-order valence-electron chi connectivity index (χ4n) is 3.35. The molecule has 1 aliphatic rings. The first-order valence-corrected chi connectivity index (χ1v) is 10.9. The molecular formula is C25H33FN4O2. The van der Waals surface area contributed by atoms with E-state index in [0.717, 1.165) is 37.0 Å². The van der Waals surface area contributed by atoms with Crippen molar-refractivity contribution in [3.8, 4) is 5.88 Å². The maximum absolute atomic E-state index is 13.0. The predicted octanol–water partition coefficient (Wildman–Crippen LogP) is 5.86. The Bertz CT molecular complexity index is 920. The Morgan fingerprint density at radius 2 is 2.25 bits per heavy atom. The van der Waals surface area contributed by atoms with Crippen molar-refractivity contribution in [2.75, 3.05) is 6.61 Å². The topological polar surface area (TPSA) is 75.6 Å². The van der Waals surface area contributed by atoms with Crippen LogP contribution in [0.3, 0.4) is 0 Å². The molecule has 0 aromatic carbocycles. The maximum Gasteiger partial charge on any atom is 0.319 e. The Morgan fingerprint density at radius 1 is 1.44 bits per heavy atom. The lowest BCUT2D eigenvalue weighted by Gasteiger charge is -2.23. The molecule has 2 amide bonds. The molecule has 6 nitrogen and oxygen atoms in total. The molecular weight excluding hydrogens is 407 g/mol. The highest BCUT2D eigenvalue weighted by molar-refractivity contribution is 5.78. The highest BCUT2D eigenvalue weighted by Gasteiger charge is 2.30. The number of aromatic nitrogens is 1. The van der Waals surface area contributed by atoms with E-state index < -0.39 is 11.5 Å². The third-order valence-electron chi connectivity index (χ3n) is 5.14. The Hall–Kier alpha value is -3.22. The van der Waals surface area contributed by atoms with Gasteiger partial charge in [0.25, 0.3) is 0 Å². The molecule has 32 heavy (non-hydrogen) atoms. The van der Waals surface area contributed by atoms with Gasteiger partial charge in [-0.1, -0.05) is 36.8 Å². The molecule has 0 bridgehead atoms. The van der Waals surface area contributed by atoms with Gasteiger partial charge >= 0.3 is 6.03 Å². The lowest BCUT2D eigenvalue weighted by atomic mass is 10.0. The lowest BCUT2D eigenvalue weighted by molar-refractivity contribution is 0.236. The van der Waals surface area contributed by atoms with Crippen LogP contribution in [0.1, 0.15) is 58.6 Å². The summed E-state index contributed by atoms with van der Waals surface area (Å²) in [6, 6.07) is 5.35. The van der Waals surface area contributed by atoms with Gasteiger partial charge in [-0.05, 0) is 44.7 Å². The van der Waals surface area contributed by atoms with Crippen molar-refractivity contribution in [1.82, 2.24) is 15.6 Å². The van der Waals surface area contributed by atoms with Crippen LogP contribution in [0.2, 0.25) is 0 Å². The first-order valence-electron chi connectivity index (χ1n) is 10.9. The predicted molar refractivity (Wildman–Crippen MR) is 128 cm³/mol. The number of hydrogen-bond donors (Lipinski definition) is 2. The van der Waals surface area contributed by atoms with Crippen LogP contribution in [-0.2, 0) is 0 Å². The monoisotopic (exact) mass is 440 g/mol. The van der Waals surface area contributed by atoms with Gasteiger partial charge in [0.2, 0.25) is 5.88 Å². The average Bonchev–Trinajstić information content (AvgIpc) is 3.17. The summed E-state index contributed by atoms with van der Waals surface area (Å²) in [5, 5.41) is 5.49. The number of urea groups is 1. The van der Waals surface area contributed by atoms with E-state index in [4.69, 9.17) is 4.74 Å². The fourth-order valence-corrected chi connectivity index (χ4v) is 3.35. The fraction of sp³-hybridized carbons (Fsp3) is 0.400. The number of hydrogen-bond acceptors (Lipinski definition) is 4. The molecule has 0 aliphatic heterocycles. The molecule has 172 valence electrons. The van der Waals surface area contributed by atoms with Gasteiger partial charge < -0.3 is 15.4 Å². The summed E-state index contributed by atoms with van der Waals surface area (Å²) in [6.07, 6.45) is 12.0. The van der Waals surface area contributed by atoms with Crippen molar-refractivity contribution >= 4 is 17.6 Å². The van der Waals surface area contributed by atoms with Crippen LogP contribution in [0.4, 0.5) is 9.18 Å². The van der Waals surface area contributed by atoms with Gasteiger partial charge in [0, 0.05) is 31.3 Å². The van der Waals surface area contributed by atoms with Crippen LogP contribution >= 0.6 is 0 Å². The van der Waals surface area contributed by atoms with Gasteiger partial charge in [-0.15, -0.1) is 6.58 Å². The molecule has 0 radical (unpaired) electrons. The lowest BCUT2D eigenvalue weighted by Crippen LogP contribution is -2.46. The molecule has 7 heteroatoms. The summed E-state index contributed by atoms with van der Waals surface area (Å²) in [6.45, 7) is 9.97. The molecule has 0 spiro atoms. The van der Waals surface area contributed by atoms with E-state index in [1.165, 1.54) is 18.0 Å². The van der Waals surface area contributed by atoms with Crippen molar-refractivity contribution < 1.29 is 13.9 Å². The van der Waals surface area contributed by atoms with Gasteiger partial charge in [0.05, 0.1) is 17.8 Å². The van der Waals surface area contributed by atoms with Crippen molar-refractivity contribution in [2.45, 2.75) is 58.4 Å². The maximum atomic E-state index is 13.0. The molecule has 2 rings (SSSR count). The van der Waals surface area contributed by atoms with Crippen LogP contribution in [0.5, 0.6) is 5.88 Å². The molecule has 1 aliphatic carbocycles. The molecule has 1 heterocycles. The Labute approximate surface area is 190 Å². The number of rotatable bonds is 11. The molecule has 1 atom stereocenters. The third-order valence-corrected chi connectivity index (χ3v) is 5.14. The summed E-state index contributed by atoms with van der Waals surface area (Å²) >= 11 is 0. The minimum atomic E-state index is -0.505. The van der Waals surface area contributed by atoms with Crippen molar-refractivity contribution in [3.63, 3.8) is 0 Å². The summed E-state index contributed by atoms with van der Waals surface area (Å²) in [4.78, 5) is 20.4. The number of ether oxygens (including phenoxy) is 1. The minimum Gasteiger partial charge on any atom is -0.477 e. The molecule has 1 aromatic rings. The van der Waals surface area contributed by atoms with Gasteiger partial charge in [0.1, 0.15) is 0 Å². The summed E-state index contributed by atoms with van der Waals surface area (Å²) in [7, 11) is 0. The molecule has 0 saturated carbocycles. The van der Waals surface area contributed by atoms with Crippen molar-refractivity contribution in [3.05, 3.63) is 66.7 Å². The van der Waals surface area contributed by atoms with E-state index in [2.05, 4.69) is 33.3 Å². The minimum absolute atomic E-state index is 0.217. The van der Waals surface area contributed by atoms with Gasteiger partial charge in [-0.2, -0.15) is 4.39 Å². The summed E-state index contributed by atoms with van der Waals surface area (Å²) in [5.74, 6) is 0.0956. The number of carbonyl (C=O) groups excluding carboxylic acids is 1. The zero-order valence-electron chi connectivity index (χ0n) is 19.2. The van der Waals surface area contributed by atoms with E-state index >= 15 is 0 Å². The zero-order valence-corrected chi connectivity index (χ0v) is 19.2. The second-order valence-corrected chi connectivity index (χ2v) is 7.76. The molecule has 1 unspecified atom stereocenters.